The van der Waals surface area contributed by atoms with E-state index in [1.54, 1.807) is 29.2 Å². The summed E-state index contributed by atoms with van der Waals surface area (Å²) in [5.41, 5.74) is 2.01. The van der Waals surface area contributed by atoms with Gasteiger partial charge in [-0.3, -0.25) is 9.59 Å². The summed E-state index contributed by atoms with van der Waals surface area (Å²) in [6.45, 7) is -0.111. The number of carbonyl (C=O) groups is 2. The first-order valence-electron chi connectivity index (χ1n) is 13.5. The van der Waals surface area contributed by atoms with Gasteiger partial charge in [0.1, 0.15) is 11.4 Å². The van der Waals surface area contributed by atoms with Gasteiger partial charge in [-0.05, 0) is 53.6 Å². The lowest BCUT2D eigenvalue weighted by Crippen LogP contribution is -2.37. The largest absolute Gasteiger partial charge is 0.496 e. The molecule has 0 radical (unpaired) electrons. The van der Waals surface area contributed by atoms with Crippen molar-refractivity contribution in [3.8, 4) is 16.9 Å². The average molecular weight is 594 g/mol. The van der Waals surface area contributed by atoms with Gasteiger partial charge < -0.3 is 29.3 Å². The van der Waals surface area contributed by atoms with E-state index in [2.05, 4.69) is 0 Å². The van der Waals surface area contributed by atoms with Crippen LogP contribution in [0.15, 0.2) is 78.9 Å². The molecule has 0 saturated heterocycles. The Balaban J connectivity index is 1.51. The SMILES string of the molecule is COc1cc(C(=O)N2Cc3ccc(C(=O)N(C)CC(O)CO)n3Cc3ccccc32)ccc1-c1ccccc1C(F)(F)F. The molecule has 0 saturated carbocycles. The Morgan fingerprint density at radius 3 is 2.42 bits per heavy atom. The molecule has 1 aliphatic rings. The lowest BCUT2D eigenvalue weighted by atomic mass is 9.97. The zero-order chi connectivity index (χ0) is 30.9. The number of aliphatic hydroxyl groups is 2. The number of hydrogen-bond acceptors (Lipinski definition) is 5. The summed E-state index contributed by atoms with van der Waals surface area (Å²) in [6, 6.07) is 20.3. The van der Waals surface area contributed by atoms with Crippen LogP contribution in [-0.2, 0) is 19.3 Å². The molecule has 2 N–H and O–H groups in total. The first kappa shape index (κ1) is 29.9. The van der Waals surface area contributed by atoms with E-state index < -0.39 is 30.4 Å². The Labute approximate surface area is 246 Å². The maximum absolute atomic E-state index is 14.0. The van der Waals surface area contributed by atoms with Crippen molar-refractivity contribution in [3.05, 3.63) is 107 Å². The minimum absolute atomic E-state index is 0.0533. The number of amides is 2. The van der Waals surface area contributed by atoms with Crippen molar-refractivity contribution in [1.29, 1.82) is 0 Å². The zero-order valence-corrected chi connectivity index (χ0v) is 23.5. The van der Waals surface area contributed by atoms with Crippen molar-refractivity contribution in [3.63, 3.8) is 0 Å². The number of para-hydroxylation sites is 1. The predicted octanol–water partition coefficient (Wildman–Crippen LogP) is 4.82. The molecule has 43 heavy (non-hydrogen) atoms. The molecule has 0 bridgehead atoms. The summed E-state index contributed by atoms with van der Waals surface area (Å²) < 4.78 is 48.5. The van der Waals surface area contributed by atoms with Crippen molar-refractivity contribution in [2.75, 3.05) is 32.2 Å². The Hall–Kier alpha value is -4.61. The van der Waals surface area contributed by atoms with Crippen molar-refractivity contribution in [1.82, 2.24) is 9.47 Å². The second-order valence-corrected chi connectivity index (χ2v) is 10.3. The minimum Gasteiger partial charge on any atom is -0.496 e. The first-order chi connectivity index (χ1) is 20.5. The van der Waals surface area contributed by atoms with Gasteiger partial charge in [0.05, 0.1) is 38.5 Å². The Bertz CT molecular complexity index is 1670. The third kappa shape index (κ3) is 5.86. The van der Waals surface area contributed by atoms with Gasteiger partial charge in [-0.25, -0.2) is 0 Å². The highest BCUT2D eigenvalue weighted by molar-refractivity contribution is 6.07. The molecule has 1 aliphatic heterocycles. The smallest absolute Gasteiger partial charge is 0.417 e. The Kier molecular flexibility index (Phi) is 8.30. The van der Waals surface area contributed by atoms with E-state index >= 15 is 0 Å². The number of aromatic nitrogens is 1. The number of nitrogens with zero attached hydrogens (tertiary/aromatic N) is 3. The molecule has 1 aromatic heterocycles. The summed E-state index contributed by atoms with van der Waals surface area (Å²) in [5.74, 6) is -0.627. The summed E-state index contributed by atoms with van der Waals surface area (Å²) in [5, 5.41) is 19.0. The number of benzene rings is 3. The molecule has 2 heterocycles. The summed E-state index contributed by atoms with van der Waals surface area (Å²) >= 11 is 0. The number of aliphatic hydroxyl groups excluding tert-OH is 2. The van der Waals surface area contributed by atoms with Crippen LogP contribution in [0.25, 0.3) is 11.1 Å². The lowest BCUT2D eigenvalue weighted by Gasteiger charge is -2.23. The number of carbonyl (C=O) groups excluding carboxylic acids is 2. The molecule has 0 fully saturated rings. The molecule has 11 heteroatoms. The van der Waals surface area contributed by atoms with E-state index in [0.717, 1.165) is 11.6 Å². The zero-order valence-electron chi connectivity index (χ0n) is 23.5. The van der Waals surface area contributed by atoms with Crippen LogP contribution in [0, 0.1) is 0 Å². The fourth-order valence-electron chi connectivity index (χ4n) is 5.35. The number of rotatable bonds is 7. The van der Waals surface area contributed by atoms with Crippen LogP contribution in [0.3, 0.4) is 0 Å². The number of anilines is 1. The van der Waals surface area contributed by atoms with Crippen LogP contribution < -0.4 is 9.64 Å². The third-order valence-electron chi connectivity index (χ3n) is 7.48. The predicted molar refractivity (Wildman–Crippen MR) is 154 cm³/mol. The van der Waals surface area contributed by atoms with Crippen molar-refractivity contribution >= 4 is 17.5 Å². The second-order valence-electron chi connectivity index (χ2n) is 10.3. The fraction of sp³-hybridized carbons (Fsp3) is 0.250. The fourth-order valence-corrected chi connectivity index (χ4v) is 5.35. The van der Waals surface area contributed by atoms with Gasteiger partial charge in [0.2, 0.25) is 0 Å². The molecule has 4 aromatic rings. The van der Waals surface area contributed by atoms with Gasteiger partial charge in [-0.1, -0.05) is 36.4 Å². The molecular weight excluding hydrogens is 563 g/mol. The molecule has 1 atom stereocenters. The molecule has 0 aliphatic carbocycles. The van der Waals surface area contributed by atoms with Crippen molar-refractivity contribution < 1.29 is 37.7 Å². The number of alkyl halides is 3. The first-order valence-corrected chi connectivity index (χ1v) is 13.5. The lowest BCUT2D eigenvalue weighted by molar-refractivity contribution is -0.137. The minimum atomic E-state index is -4.57. The molecule has 1 unspecified atom stereocenters. The van der Waals surface area contributed by atoms with Gasteiger partial charge in [-0.2, -0.15) is 13.2 Å². The molecule has 0 spiro atoms. The number of methoxy groups -OCH3 is 1. The monoisotopic (exact) mass is 593 g/mol. The van der Waals surface area contributed by atoms with E-state index in [1.807, 2.05) is 16.7 Å². The number of likely N-dealkylation sites (N-methyl/N-ethyl adjacent to an activating group) is 1. The summed E-state index contributed by atoms with van der Waals surface area (Å²) in [6.07, 6.45) is -5.65. The number of halogens is 3. The average Bonchev–Trinajstić information content (AvgIpc) is 3.32. The molecule has 8 nitrogen and oxygen atoms in total. The number of ether oxygens (including phenoxy) is 1. The van der Waals surface area contributed by atoms with Gasteiger partial charge in [0, 0.05) is 36.1 Å². The third-order valence-corrected chi connectivity index (χ3v) is 7.48. The Morgan fingerprint density at radius 2 is 1.70 bits per heavy atom. The van der Waals surface area contributed by atoms with Crippen LogP contribution in [0.1, 0.15) is 37.7 Å². The van der Waals surface area contributed by atoms with Crippen molar-refractivity contribution in [2.45, 2.75) is 25.4 Å². The van der Waals surface area contributed by atoms with Gasteiger partial charge in [0.15, 0.2) is 0 Å². The van der Waals surface area contributed by atoms with Gasteiger partial charge in [0.25, 0.3) is 11.8 Å². The summed E-state index contributed by atoms with van der Waals surface area (Å²) in [7, 11) is 2.87. The van der Waals surface area contributed by atoms with E-state index in [0.29, 0.717) is 23.6 Å². The van der Waals surface area contributed by atoms with Crippen LogP contribution in [0.2, 0.25) is 0 Å². The van der Waals surface area contributed by atoms with Crippen LogP contribution in [0.4, 0.5) is 18.9 Å². The normalized spacial score (nSPS) is 13.5. The van der Waals surface area contributed by atoms with E-state index in [1.165, 1.54) is 55.5 Å². The summed E-state index contributed by atoms with van der Waals surface area (Å²) in [4.78, 5) is 30.2. The molecular formula is C32H30F3N3O5. The molecule has 5 rings (SSSR count). The van der Waals surface area contributed by atoms with Crippen molar-refractivity contribution in [2.24, 2.45) is 0 Å². The van der Waals surface area contributed by atoms with Crippen LogP contribution >= 0.6 is 0 Å². The number of fused-ring (bicyclic) bond motifs is 2. The molecule has 2 amide bonds. The highest BCUT2D eigenvalue weighted by Crippen LogP contribution is 2.41. The van der Waals surface area contributed by atoms with E-state index in [-0.39, 0.29) is 41.4 Å². The standard InChI is InChI=1S/C32H30F3N3O5/c1-36(18-23(40)19-39)31(42)28-14-12-22-17-38(27-10-6-3-7-21(27)16-37(22)28)30(41)20-11-13-25(29(15-20)43-2)24-8-4-5-9-26(24)32(33,34)35/h3-15,23,39-40H,16-19H2,1-2H3. The van der Waals surface area contributed by atoms with Gasteiger partial charge in [-0.15, -0.1) is 0 Å². The second kappa shape index (κ2) is 11.9. The maximum atomic E-state index is 14.0. The van der Waals surface area contributed by atoms with Gasteiger partial charge >= 0.3 is 6.18 Å². The Morgan fingerprint density at radius 1 is 0.977 bits per heavy atom. The maximum Gasteiger partial charge on any atom is 0.417 e. The van der Waals surface area contributed by atoms with E-state index in [9.17, 15) is 33.0 Å². The topological polar surface area (TPSA) is 95.2 Å². The quantitative estimate of drug-likeness (QED) is 0.321. The highest BCUT2D eigenvalue weighted by Gasteiger charge is 2.34. The van der Waals surface area contributed by atoms with E-state index in [4.69, 9.17) is 4.74 Å². The molecule has 3 aromatic carbocycles. The number of hydrogen-bond donors (Lipinski definition) is 2. The van der Waals surface area contributed by atoms with Crippen LogP contribution in [-0.4, -0.2) is 64.9 Å². The highest BCUT2D eigenvalue weighted by atomic mass is 19.4. The molecule has 224 valence electrons. The van der Waals surface area contributed by atoms with Crippen LogP contribution in [0.5, 0.6) is 5.75 Å².